The van der Waals surface area contributed by atoms with Crippen molar-refractivity contribution in [1.82, 2.24) is 19.4 Å². The molecule has 0 radical (unpaired) electrons. The van der Waals surface area contributed by atoms with Gasteiger partial charge in [-0.3, -0.25) is 14.0 Å². The van der Waals surface area contributed by atoms with E-state index in [4.69, 9.17) is 15.5 Å². The highest BCUT2D eigenvalue weighted by Gasteiger charge is 2.45. The van der Waals surface area contributed by atoms with Gasteiger partial charge in [0.05, 0.1) is 23.1 Å². The molecule has 1 aromatic carbocycles. The summed E-state index contributed by atoms with van der Waals surface area (Å²) >= 11 is 0. The summed E-state index contributed by atoms with van der Waals surface area (Å²) in [6.07, 6.45) is 1.29. The van der Waals surface area contributed by atoms with Crippen LogP contribution in [0.25, 0.3) is 16.8 Å². The third-order valence-corrected chi connectivity index (χ3v) is 8.29. The fraction of sp³-hybridized carbons (Fsp3) is 0.367. The SMILES string of the molecule is CCOc1cc(C(=O)Nc2cc(C(F)(F)F)ccn2)c(F)cc1-c1nc(C2(C)CCC(C)(C(=O)O)CC2)n2ccnc(N)c12. The number of carboxylic acid groups (broad SMARTS) is 1. The second-order valence-corrected chi connectivity index (χ2v) is 11.4. The number of aliphatic carboxylic acids is 1. The summed E-state index contributed by atoms with van der Waals surface area (Å²) in [6, 6.07) is 3.60. The van der Waals surface area contributed by atoms with Crippen LogP contribution in [0.2, 0.25) is 0 Å². The van der Waals surface area contributed by atoms with Crippen molar-refractivity contribution in [3.8, 4) is 17.0 Å². The molecule has 1 aliphatic rings. The van der Waals surface area contributed by atoms with E-state index in [1.807, 2.05) is 6.92 Å². The molecule has 14 heteroatoms. The molecule has 0 spiro atoms. The van der Waals surface area contributed by atoms with E-state index in [0.29, 0.717) is 43.1 Å². The summed E-state index contributed by atoms with van der Waals surface area (Å²) in [5.74, 6) is -2.51. The number of nitrogens with two attached hydrogens (primary N) is 1. The molecular weight excluding hydrogens is 584 g/mol. The molecule has 5 rings (SSSR count). The summed E-state index contributed by atoms with van der Waals surface area (Å²) in [5, 5.41) is 11.9. The van der Waals surface area contributed by atoms with Gasteiger partial charge >= 0.3 is 12.1 Å². The molecule has 3 aromatic heterocycles. The summed E-state index contributed by atoms with van der Waals surface area (Å²) in [7, 11) is 0. The first-order chi connectivity index (χ1) is 20.7. The van der Waals surface area contributed by atoms with Gasteiger partial charge in [0.15, 0.2) is 0 Å². The monoisotopic (exact) mass is 614 g/mol. The van der Waals surface area contributed by atoms with Crippen molar-refractivity contribution in [3.63, 3.8) is 0 Å². The number of rotatable bonds is 7. The maximum absolute atomic E-state index is 15.6. The van der Waals surface area contributed by atoms with E-state index in [0.717, 1.165) is 24.4 Å². The van der Waals surface area contributed by atoms with Gasteiger partial charge in [0.2, 0.25) is 0 Å². The number of amides is 1. The van der Waals surface area contributed by atoms with Gasteiger partial charge in [-0.2, -0.15) is 13.2 Å². The molecule has 232 valence electrons. The summed E-state index contributed by atoms with van der Waals surface area (Å²) in [4.78, 5) is 37.7. The zero-order valence-corrected chi connectivity index (χ0v) is 24.1. The van der Waals surface area contributed by atoms with Gasteiger partial charge in [-0.1, -0.05) is 6.92 Å². The van der Waals surface area contributed by atoms with E-state index in [1.54, 1.807) is 24.4 Å². The highest BCUT2D eigenvalue weighted by molar-refractivity contribution is 6.05. The molecule has 10 nitrogen and oxygen atoms in total. The number of alkyl halides is 3. The number of carbonyl (C=O) groups is 2. The molecule has 3 heterocycles. The standard InChI is InChI=1S/C30H30F4N6O4/c1-4-44-20-15-17(25(41)38-21-13-16(5-10-36-21)30(32,33)34)19(31)14-18(20)22-23-24(35)37-11-12-40(23)26(39-22)28(2)6-8-29(3,9-7-28)27(42)43/h5,10-15H,4,6-9H2,1-3H3,(H2,35,37)(H,42,43)(H,36,38,41). The van der Waals surface area contributed by atoms with E-state index < -0.39 is 51.6 Å². The number of hydrogen-bond donors (Lipinski definition) is 3. The highest BCUT2D eigenvalue weighted by atomic mass is 19.4. The maximum Gasteiger partial charge on any atom is 0.416 e. The van der Waals surface area contributed by atoms with E-state index >= 15 is 4.39 Å². The normalized spacial score (nSPS) is 20.4. The smallest absolute Gasteiger partial charge is 0.416 e. The second-order valence-electron chi connectivity index (χ2n) is 11.4. The highest BCUT2D eigenvalue weighted by Crippen LogP contribution is 2.48. The predicted molar refractivity (Wildman–Crippen MR) is 153 cm³/mol. The third-order valence-electron chi connectivity index (χ3n) is 8.29. The molecule has 1 saturated carbocycles. The van der Waals surface area contributed by atoms with Crippen LogP contribution in [0.1, 0.15) is 68.2 Å². The average Bonchev–Trinajstić information content (AvgIpc) is 3.37. The van der Waals surface area contributed by atoms with E-state index in [-0.39, 0.29) is 29.4 Å². The van der Waals surface area contributed by atoms with Crippen molar-refractivity contribution < 1.29 is 37.0 Å². The zero-order valence-electron chi connectivity index (χ0n) is 24.1. The van der Waals surface area contributed by atoms with Crippen LogP contribution in [0.5, 0.6) is 5.75 Å². The van der Waals surface area contributed by atoms with Gasteiger partial charge in [-0.05, 0) is 63.8 Å². The minimum Gasteiger partial charge on any atom is -0.493 e. The van der Waals surface area contributed by atoms with Crippen molar-refractivity contribution in [2.24, 2.45) is 5.41 Å². The van der Waals surface area contributed by atoms with Crippen LogP contribution < -0.4 is 15.8 Å². The molecule has 4 N–H and O–H groups in total. The van der Waals surface area contributed by atoms with Crippen LogP contribution in [0.15, 0.2) is 42.9 Å². The number of nitrogens with one attached hydrogen (secondary N) is 1. The lowest BCUT2D eigenvalue weighted by molar-refractivity contribution is -0.150. The minimum absolute atomic E-state index is 0.0816. The number of fused-ring (bicyclic) bond motifs is 1. The molecule has 0 atom stereocenters. The van der Waals surface area contributed by atoms with Crippen molar-refractivity contribution in [2.45, 2.75) is 58.0 Å². The molecule has 0 aliphatic heterocycles. The lowest BCUT2D eigenvalue weighted by atomic mass is 9.65. The number of ether oxygens (including phenoxy) is 1. The lowest BCUT2D eigenvalue weighted by Gasteiger charge is -2.40. The Morgan fingerprint density at radius 1 is 1.11 bits per heavy atom. The molecule has 0 unspecified atom stereocenters. The van der Waals surface area contributed by atoms with Crippen molar-refractivity contribution in [3.05, 3.63) is 65.6 Å². The predicted octanol–water partition coefficient (Wildman–Crippen LogP) is 6.11. The topological polar surface area (TPSA) is 145 Å². The number of benzene rings is 1. The molecule has 1 fully saturated rings. The van der Waals surface area contributed by atoms with Crippen molar-refractivity contribution in [1.29, 1.82) is 0 Å². The number of halogens is 4. The number of hydrogen-bond acceptors (Lipinski definition) is 7. The Balaban J connectivity index is 1.57. The summed E-state index contributed by atoms with van der Waals surface area (Å²) in [6.45, 7) is 5.54. The largest absolute Gasteiger partial charge is 0.493 e. The first-order valence-electron chi connectivity index (χ1n) is 13.8. The average molecular weight is 615 g/mol. The van der Waals surface area contributed by atoms with Crippen molar-refractivity contribution >= 4 is 29.0 Å². The Morgan fingerprint density at radius 2 is 1.82 bits per heavy atom. The molecule has 1 aliphatic carbocycles. The second kappa shape index (κ2) is 11.1. The maximum atomic E-state index is 15.6. The Morgan fingerprint density at radius 3 is 2.45 bits per heavy atom. The van der Waals surface area contributed by atoms with Crippen LogP contribution in [0.4, 0.5) is 29.2 Å². The quantitative estimate of drug-likeness (QED) is 0.212. The van der Waals surface area contributed by atoms with Gasteiger partial charge in [-0.15, -0.1) is 0 Å². The lowest BCUT2D eigenvalue weighted by Crippen LogP contribution is -2.39. The van der Waals surface area contributed by atoms with E-state index in [9.17, 15) is 27.9 Å². The molecular formula is C30H30F4N6O4. The first kappa shape index (κ1) is 30.7. The molecule has 0 saturated heterocycles. The summed E-state index contributed by atoms with van der Waals surface area (Å²) < 4.78 is 62.5. The fourth-order valence-corrected chi connectivity index (χ4v) is 5.51. The van der Waals surface area contributed by atoms with E-state index in [2.05, 4.69) is 15.3 Å². The van der Waals surface area contributed by atoms with E-state index in [1.165, 1.54) is 6.20 Å². The van der Waals surface area contributed by atoms with Gasteiger partial charge < -0.3 is 20.9 Å². The van der Waals surface area contributed by atoms with Crippen LogP contribution >= 0.6 is 0 Å². The Hall–Kier alpha value is -4.75. The fourth-order valence-electron chi connectivity index (χ4n) is 5.51. The molecule has 1 amide bonds. The Kier molecular flexibility index (Phi) is 7.72. The third kappa shape index (κ3) is 5.51. The molecule has 0 bridgehead atoms. The minimum atomic E-state index is -4.66. The Labute approximate surface area is 249 Å². The number of anilines is 2. The molecule has 4 aromatic rings. The van der Waals surface area contributed by atoms with Gasteiger partial charge in [0.25, 0.3) is 5.91 Å². The number of aromatic nitrogens is 4. The number of pyridine rings is 1. The first-order valence-corrected chi connectivity index (χ1v) is 13.8. The van der Waals surface area contributed by atoms with Gasteiger partial charge in [0.1, 0.15) is 40.2 Å². The number of nitrogens with zero attached hydrogens (tertiary/aromatic N) is 4. The number of imidazole rings is 1. The number of carboxylic acids is 1. The van der Waals surface area contributed by atoms with Crippen LogP contribution in [-0.2, 0) is 16.4 Å². The number of carbonyl (C=O) groups excluding carboxylic acids is 1. The number of nitrogen functional groups attached to an aromatic ring is 1. The van der Waals surface area contributed by atoms with Gasteiger partial charge in [0, 0.05) is 29.6 Å². The van der Waals surface area contributed by atoms with Crippen LogP contribution in [0, 0.1) is 11.2 Å². The Bertz CT molecular complexity index is 1760. The zero-order chi connectivity index (χ0) is 32.0. The van der Waals surface area contributed by atoms with Crippen molar-refractivity contribution in [2.75, 3.05) is 17.7 Å². The van der Waals surface area contributed by atoms with Crippen LogP contribution in [-0.4, -0.2) is 42.9 Å². The summed E-state index contributed by atoms with van der Waals surface area (Å²) in [5.41, 5.74) is 4.17. The van der Waals surface area contributed by atoms with Gasteiger partial charge in [-0.25, -0.2) is 19.3 Å². The molecule has 44 heavy (non-hydrogen) atoms. The van der Waals surface area contributed by atoms with Crippen LogP contribution in [0.3, 0.4) is 0 Å².